The number of aromatic nitrogens is 1. The van der Waals surface area contributed by atoms with Gasteiger partial charge < -0.3 is 14.9 Å². The molecule has 0 fully saturated rings. The lowest BCUT2D eigenvalue weighted by atomic mass is 10.1. The number of fused-ring (bicyclic) bond motifs is 1. The Bertz CT molecular complexity index is 941. The summed E-state index contributed by atoms with van der Waals surface area (Å²) in [5.41, 5.74) is 0.253. The molecule has 28 heavy (non-hydrogen) atoms. The van der Waals surface area contributed by atoms with Gasteiger partial charge in [0.05, 0.1) is 17.3 Å². The van der Waals surface area contributed by atoms with Crippen molar-refractivity contribution >= 4 is 23.7 Å². The summed E-state index contributed by atoms with van der Waals surface area (Å²) in [6.07, 6.45) is -0.286. The third-order valence-electron chi connectivity index (χ3n) is 3.64. The molecule has 0 saturated heterocycles. The van der Waals surface area contributed by atoms with Crippen molar-refractivity contribution in [2.45, 2.75) is 0 Å². The second-order valence-electron chi connectivity index (χ2n) is 5.48. The molecule has 11 nitrogen and oxygen atoms in total. The zero-order valence-corrected chi connectivity index (χ0v) is 14.2. The van der Waals surface area contributed by atoms with Crippen molar-refractivity contribution in [2.24, 2.45) is 0 Å². The maximum absolute atomic E-state index is 12.1. The standard InChI is InChI=1S/C17H14N4O7/c18-14(20-17(25)26)13-12(22)7-9(8-19-13)27-5-6-28-21-15(23)10-3-1-2-4-11(10)16(21)24/h1-4,7-8,22H,5-6H2,(H2,18,20)(H,25,26). The molecular formula is C17H14N4O7. The Hall–Kier alpha value is -3.99. The Morgan fingerprint density at radius 1 is 1.18 bits per heavy atom. The van der Waals surface area contributed by atoms with Crippen LogP contribution in [0.4, 0.5) is 4.79 Å². The number of ether oxygens (including phenoxy) is 1. The minimum absolute atomic E-state index is 0.0707. The number of hydroxylamine groups is 2. The van der Waals surface area contributed by atoms with Crippen molar-refractivity contribution in [3.05, 3.63) is 53.3 Å². The topological polar surface area (TPSA) is 162 Å². The van der Waals surface area contributed by atoms with Gasteiger partial charge in [0.1, 0.15) is 30.4 Å². The number of amides is 3. The highest BCUT2D eigenvalue weighted by Crippen LogP contribution is 2.23. The Morgan fingerprint density at radius 2 is 1.82 bits per heavy atom. The molecule has 0 unspecified atom stereocenters. The van der Waals surface area contributed by atoms with Crippen LogP contribution in [0.1, 0.15) is 26.4 Å². The zero-order valence-electron chi connectivity index (χ0n) is 14.2. The minimum atomic E-state index is -1.46. The third-order valence-corrected chi connectivity index (χ3v) is 3.64. The van der Waals surface area contributed by atoms with E-state index in [1.165, 1.54) is 18.3 Å². The van der Waals surface area contributed by atoms with E-state index < -0.39 is 29.5 Å². The monoisotopic (exact) mass is 386 g/mol. The average molecular weight is 386 g/mol. The molecule has 0 aliphatic carbocycles. The molecule has 1 aliphatic heterocycles. The molecule has 2 heterocycles. The number of pyridine rings is 1. The fourth-order valence-electron chi connectivity index (χ4n) is 2.44. The summed E-state index contributed by atoms with van der Waals surface area (Å²) in [6.45, 7) is -0.205. The Labute approximate surface area is 157 Å². The molecule has 0 atom stereocenters. The molecule has 3 rings (SSSR count). The molecule has 1 aliphatic rings. The number of carbonyl (C=O) groups excluding carboxylic acids is 2. The van der Waals surface area contributed by atoms with Gasteiger partial charge in [-0.3, -0.25) is 25.2 Å². The lowest BCUT2D eigenvalue weighted by Crippen LogP contribution is -2.31. The molecule has 144 valence electrons. The van der Waals surface area contributed by atoms with Crippen LogP contribution in [0.15, 0.2) is 36.5 Å². The molecule has 11 heteroatoms. The zero-order chi connectivity index (χ0) is 20.3. The number of hydrogen-bond acceptors (Lipinski definition) is 8. The van der Waals surface area contributed by atoms with Crippen molar-refractivity contribution in [1.29, 1.82) is 5.41 Å². The van der Waals surface area contributed by atoms with Crippen LogP contribution in [0.2, 0.25) is 0 Å². The first-order valence-electron chi connectivity index (χ1n) is 7.90. The number of aromatic hydroxyl groups is 1. The van der Waals surface area contributed by atoms with Crippen molar-refractivity contribution in [3.8, 4) is 11.5 Å². The van der Waals surface area contributed by atoms with Gasteiger partial charge in [0.25, 0.3) is 11.8 Å². The van der Waals surface area contributed by atoms with E-state index in [1.54, 1.807) is 17.4 Å². The van der Waals surface area contributed by atoms with E-state index in [2.05, 4.69) is 4.98 Å². The Balaban J connectivity index is 1.53. The van der Waals surface area contributed by atoms with Crippen molar-refractivity contribution < 1.29 is 34.2 Å². The van der Waals surface area contributed by atoms with E-state index >= 15 is 0 Å². The van der Waals surface area contributed by atoms with Gasteiger partial charge in [0.2, 0.25) is 0 Å². The fourth-order valence-corrected chi connectivity index (χ4v) is 2.44. The van der Waals surface area contributed by atoms with E-state index in [4.69, 9.17) is 20.1 Å². The number of nitrogens with one attached hydrogen (secondary N) is 2. The van der Waals surface area contributed by atoms with Gasteiger partial charge in [-0.2, -0.15) is 0 Å². The lowest BCUT2D eigenvalue weighted by Gasteiger charge is -2.14. The highest BCUT2D eigenvalue weighted by Gasteiger charge is 2.36. The molecule has 0 saturated carbocycles. The predicted molar refractivity (Wildman–Crippen MR) is 92.3 cm³/mol. The normalized spacial score (nSPS) is 12.6. The van der Waals surface area contributed by atoms with Crippen LogP contribution in [-0.4, -0.2) is 57.2 Å². The Morgan fingerprint density at radius 3 is 2.39 bits per heavy atom. The van der Waals surface area contributed by atoms with Crippen LogP contribution >= 0.6 is 0 Å². The van der Waals surface area contributed by atoms with Crippen molar-refractivity contribution in [1.82, 2.24) is 15.4 Å². The number of nitrogens with zero attached hydrogens (tertiary/aromatic N) is 2. The molecule has 4 N–H and O–H groups in total. The Kier molecular flexibility index (Phi) is 5.18. The number of hydrogen-bond donors (Lipinski definition) is 4. The first kappa shape index (κ1) is 18.8. The number of imide groups is 1. The second kappa shape index (κ2) is 7.72. The number of rotatable bonds is 6. The quantitative estimate of drug-likeness (QED) is 0.247. The summed E-state index contributed by atoms with van der Waals surface area (Å²) in [5.74, 6) is -2.05. The number of amidine groups is 1. The van der Waals surface area contributed by atoms with E-state index in [0.29, 0.717) is 5.06 Å². The van der Waals surface area contributed by atoms with Crippen LogP contribution in [0.3, 0.4) is 0 Å². The highest BCUT2D eigenvalue weighted by atomic mass is 16.7. The summed E-state index contributed by atoms with van der Waals surface area (Å²) in [4.78, 5) is 43.7. The van der Waals surface area contributed by atoms with E-state index in [9.17, 15) is 19.5 Å². The van der Waals surface area contributed by atoms with Gasteiger partial charge in [0.15, 0.2) is 5.84 Å². The van der Waals surface area contributed by atoms with Gasteiger partial charge >= 0.3 is 6.09 Å². The summed E-state index contributed by atoms with van der Waals surface area (Å²) in [6, 6.07) is 7.49. The fraction of sp³-hybridized carbons (Fsp3) is 0.118. The highest BCUT2D eigenvalue weighted by molar-refractivity contribution is 6.20. The smallest absolute Gasteiger partial charge is 0.410 e. The van der Waals surface area contributed by atoms with Gasteiger partial charge in [-0.05, 0) is 12.1 Å². The van der Waals surface area contributed by atoms with Crippen LogP contribution in [-0.2, 0) is 4.84 Å². The lowest BCUT2D eigenvalue weighted by molar-refractivity contribution is -0.0976. The predicted octanol–water partition coefficient (Wildman–Crippen LogP) is 0.987. The number of carboxylic acid groups (broad SMARTS) is 1. The van der Waals surface area contributed by atoms with E-state index in [0.717, 1.165) is 6.07 Å². The first-order valence-corrected chi connectivity index (χ1v) is 7.90. The average Bonchev–Trinajstić information content (AvgIpc) is 2.89. The minimum Gasteiger partial charge on any atom is -0.505 e. The summed E-state index contributed by atoms with van der Waals surface area (Å²) < 4.78 is 5.31. The molecule has 0 bridgehead atoms. The number of carbonyl (C=O) groups is 3. The molecule has 3 amide bonds. The largest absolute Gasteiger partial charge is 0.505 e. The first-order chi connectivity index (χ1) is 13.4. The SMILES string of the molecule is N=C(NC(=O)O)c1ncc(OCCON2C(=O)c3ccccc3C2=O)cc1O. The van der Waals surface area contributed by atoms with Crippen molar-refractivity contribution in [3.63, 3.8) is 0 Å². The maximum atomic E-state index is 12.1. The van der Waals surface area contributed by atoms with Crippen LogP contribution < -0.4 is 10.1 Å². The summed E-state index contributed by atoms with van der Waals surface area (Å²) in [5, 5.41) is 28.3. The second-order valence-corrected chi connectivity index (χ2v) is 5.48. The van der Waals surface area contributed by atoms with E-state index in [1.807, 2.05) is 0 Å². The van der Waals surface area contributed by atoms with Crippen LogP contribution in [0.25, 0.3) is 0 Å². The maximum Gasteiger partial charge on any atom is 0.410 e. The molecule has 2 aromatic rings. The molecule has 1 aromatic heterocycles. The molecule has 0 radical (unpaired) electrons. The van der Waals surface area contributed by atoms with Crippen LogP contribution in [0.5, 0.6) is 11.5 Å². The number of benzene rings is 1. The van der Waals surface area contributed by atoms with Gasteiger partial charge in [0, 0.05) is 6.07 Å². The molecule has 0 spiro atoms. The molecular weight excluding hydrogens is 372 g/mol. The van der Waals surface area contributed by atoms with Crippen molar-refractivity contribution in [2.75, 3.05) is 13.2 Å². The summed E-state index contributed by atoms with van der Waals surface area (Å²) >= 11 is 0. The van der Waals surface area contributed by atoms with Gasteiger partial charge in [-0.1, -0.05) is 12.1 Å². The van der Waals surface area contributed by atoms with E-state index in [-0.39, 0.29) is 35.8 Å². The van der Waals surface area contributed by atoms with Gasteiger partial charge in [-0.25, -0.2) is 9.78 Å². The van der Waals surface area contributed by atoms with Gasteiger partial charge in [-0.15, -0.1) is 5.06 Å². The third kappa shape index (κ3) is 3.73. The summed E-state index contributed by atoms with van der Waals surface area (Å²) in [7, 11) is 0. The molecule has 1 aromatic carbocycles. The van der Waals surface area contributed by atoms with Crippen LogP contribution in [0, 0.1) is 5.41 Å².